The van der Waals surface area contributed by atoms with Gasteiger partial charge >= 0.3 is 5.97 Å². The van der Waals surface area contributed by atoms with Gasteiger partial charge in [-0.3, -0.25) is 4.79 Å². The van der Waals surface area contributed by atoms with Gasteiger partial charge < -0.3 is 15.0 Å². The van der Waals surface area contributed by atoms with Crippen LogP contribution in [-0.2, 0) is 22.5 Å². The maximum absolute atomic E-state index is 12.3. The molecule has 3 aromatic rings. The number of hydrogen-bond donors (Lipinski definition) is 2. The van der Waals surface area contributed by atoms with Crippen molar-refractivity contribution < 1.29 is 9.53 Å². The van der Waals surface area contributed by atoms with Crippen LogP contribution in [0.4, 0.5) is 0 Å². The summed E-state index contributed by atoms with van der Waals surface area (Å²) >= 11 is 0. The number of nitrogens with one attached hydrogen (secondary N) is 2. The second-order valence-electron chi connectivity index (χ2n) is 6.46. The Bertz CT molecular complexity index is 826. The highest BCUT2D eigenvalue weighted by Gasteiger charge is 2.20. The fraction of sp³-hybridized carbons (Fsp3) is 0.318. The molecule has 0 fully saturated rings. The molecule has 26 heavy (non-hydrogen) atoms. The van der Waals surface area contributed by atoms with Crippen molar-refractivity contribution in [2.45, 2.75) is 26.3 Å². The summed E-state index contributed by atoms with van der Waals surface area (Å²) in [5.74, 6) is -0.264. The Balaban J connectivity index is 1.59. The molecule has 0 aliphatic carbocycles. The van der Waals surface area contributed by atoms with Gasteiger partial charge in [0.05, 0.1) is 12.5 Å². The first-order valence-corrected chi connectivity index (χ1v) is 9.24. The standard InChI is InChI=1S/C22H26N2O2/c1-2-26-22(25)19(15-23-14-17-8-4-3-5-9-17)13-12-18-16-24-21-11-7-6-10-20(18)21/h3-11,16,19,23-24H,2,12-15H2,1H3. The van der Waals surface area contributed by atoms with Crippen LogP contribution in [0.15, 0.2) is 60.8 Å². The number of hydrogen-bond acceptors (Lipinski definition) is 3. The second kappa shape index (κ2) is 9.20. The van der Waals surface area contributed by atoms with Gasteiger partial charge in [-0.05, 0) is 37.0 Å². The highest BCUT2D eigenvalue weighted by molar-refractivity contribution is 5.83. The Morgan fingerprint density at radius 3 is 2.69 bits per heavy atom. The van der Waals surface area contributed by atoms with E-state index in [0.717, 1.165) is 24.9 Å². The smallest absolute Gasteiger partial charge is 0.310 e. The molecule has 1 aromatic heterocycles. The molecule has 2 N–H and O–H groups in total. The van der Waals surface area contributed by atoms with Crippen LogP contribution in [0.1, 0.15) is 24.5 Å². The molecule has 0 amide bonds. The molecule has 0 saturated carbocycles. The summed E-state index contributed by atoms with van der Waals surface area (Å²) in [7, 11) is 0. The fourth-order valence-electron chi connectivity index (χ4n) is 3.22. The lowest BCUT2D eigenvalue weighted by molar-refractivity contribution is -0.148. The fourth-order valence-corrected chi connectivity index (χ4v) is 3.22. The molecule has 2 aromatic carbocycles. The summed E-state index contributed by atoms with van der Waals surface area (Å²) in [5.41, 5.74) is 3.60. The normalized spacial score (nSPS) is 12.2. The summed E-state index contributed by atoms with van der Waals surface area (Å²) in [6, 6.07) is 18.5. The Hall–Kier alpha value is -2.59. The van der Waals surface area contributed by atoms with Gasteiger partial charge in [0.25, 0.3) is 0 Å². The molecular formula is C22H26N2O2. The van der Waals surface area contributed by atoms with Crippen LogP contribution in [0.3, 0.4) is 0 Å². The molecular weight excluding hydrogens is 324 g/mol. The molecule has 0 spiro atoms. The van der Waals surface area contributed by atoms with E-state index in [1.165, 1.54) is 16.5 Å². The number of rotatable bonds is 9. The van der Waals surface area contributed by atoms with Gasteiger partial charge in [-0.25, -0.2) is 0 Å². The molecule has 1 unspecified atom stereocenters. The number of carbonyl (C=O) groups is 1. The Morgan fingerprint density at radius 1 is 1.12 bits per heavy atom. The number of aryl methyl sites for hydroxylation is 1. The van der Waals surface area contributed by atoms with E-state index in [0.29, 0.717) is 13.2 Å². The number of carbonyl (C=O) groups excluding carboxylic acids is 1. The minimum atomic E-state index is -0.146. The monoisotopic (exact) mass is 350 g/mol. The van der Waals surface area contributed by atoms with Crippen LogP contribution in [-0.4, -0.2) is 24.1 Å². The van der Waals surface area contributed by atoms with E-state index in [1.54, 1.807) is 0 Å². The Morgan fingerprint density at radius 2 is 1.88 bits per heavy atom. The van der Waals surface area contributed by atoms with E-state index in [-0.39, 0.29) is 11.9 Å². The van der Waals surface area contributed by atoms with Gasteiger partial charge in [-0.1, -0.05) is 48.5 Å². The van der Waals surface area contributed by atoms with Crippen molar-refractivity contribution in [2.24, 2.45) is 5.92 Å². The SMILES string of the molecule is CCOC(=O)C(CCc1c[nH]c2ccccc12)CNCc1ccccc1. The molecule has 0 saturated heterocycles. The maximum atomic E-state index is 12.3. The van der Waals surface area contributed by atoms with Crippen LogP contribution in [0, 0.1) is 5.92 Å². The van der Waals surface area contributed by atoms with E-state index in [1.807, 2.05) is 43.5 Å². The van der Waals surface area contributed by atoms with Gasteiger partial charge in [-0.15, -0.1) is 0 Å². The average Bonchev–Trinajstić information content (AvgIpc) is 3.09. The van der Waals surface area contributed by atoms with Gasteiger partial charge in [0, 0.05) is 30.2 Å². The van der Waals surface area contributed by atoms with Crippen molar-refractivity contribution in [1.29, 1.82) is 0 Å². The summed E-state index contributed by atoms with van der Waals surface area (Å²) in [4.78, 5) is 15.6. The molecule has 0 aliphatic rings. The van der Waals surface area contributed by atoms with Crippen LogP contribution < -0.4 is 5.32 Å². The number of aromatic nitrogens is 1. The third-order valence-corrected chi connectivity index (χ3v) is 4.62. The molecule has 0 radical (unpaired) electrons. The third-order valence-electron chi connectivity index (χ3n) is 4.62. The summed E-state index contributed by atoms with van der Waals surface area (Å²) in [6.45, 7) is 3.65. The summed E-state index contributed by atoms with van der Waals surface area (Å²) in [5, 5.41) is 4.63. The number of aromatic amines is 1. The number of benzene rings is 2. The molecule has 3 rings (SSSR count). The molecule has 0 aliphatic heterocycles. The van der Waals surface area contributed by atoms with Crippen molar-refractivity contribution in [3.8, 4) is 0 Å². The van der Waals surface area contributed by atoms with Gasteiger partial charge in [-0.2, -0.15) is 0 Å². The predicted octanol–water partition coefficient (Wildman–Crippen LogP) is 4.07. The number of ether oxygens (including phenoxy) is 1. The van der Waals surface area contributed by atoms with Gasteiger partial charge in [0.1, 0.15) is 0 Å². The van der Waals surface area contributed by atoms with Crippen LogP contribution >= 0.6 is 0 Å². The Kier molecular flexibility index (Phi) is 6.45. The van der Waals surface area contributed by atoms with Crippen LogP contribution in [0.5, 0.6) is 0 Å². The largest absolute Gasteiger partial charge is 0.466 e. The van der Waals surface area contributed by atoms with E-state index < -0.39 is 0 Å². The minimum Gasteiger partial charge on any atom is -0.466 e. The molecule has 1 atom stereocenters. The van der Waals surface area contributed by atoms with Crippen LogP contribution in [0.2, 0.25) is 0 Å². The first-order valence-electron chi connectivity index (χ1n) is 9.24. The van der Waals surface area contributed by atoms with Crippen LogP contribution in [0.25, 0.3) is 10.9 Å². The average molecular weight is 350 g/mol. The van der Waals surface area contributed by atoms with Crippen molar-refractivity contribution in [2.75, 3.05) is 13.2 Å². The van der Waals surface area contributed by atoms with Crippen molar-refractivity contribution in [3.05, 3.63) is 71.9 Å². The molecule has 0 bridgehead atoms. The summed E-state index contributed by atoms with van der Waals surface area (Å²) in [6.07, 6.45) is 3.66. The topological polar surface area (TPSA) is 54.1 Å². The number of H-pyrrole nitrogens is 1. The quantitative estimate of drug-likeness (QED) is 0.572. The molecule has 4 heteroatoms. The predicted molar refractivity (Wildman–Crippen MR) is 105 cm³/mol. The zero-order valence-electron chi connectivity index (χ0n) is 15.2. The van der Waals surface area contributed by atoms with E-state index >= 15 is 0 Å². The van der Waals surface area contributed by atoms with Gasteiger partial charge in [0.15, 0.2) is 0 Å². The molecule has 4 nitrogen and oxygen atoms in total. The first-order chi connectivity index (χ1) is 12.8. The lowest BCUT2D eigenvalue weighted by Gasteiger charge is -2.16. The maximum Gasteiger partial charge on any atom is 0.310 e. The molecule has 1 heterocycles. The lowest BCUT2D eigenvalue weighted by atomic mass is 9.99. The highest BCUT2D eigenvalue weighted by atomic mass is 16.5. The lowest BCUT2D eigenvalue weighted by Crippen LogP contribution is -2.30. The van der Waals surface area contributed by atoms with Crippen molar-refractivity contribution in [3.63, 3.8) is 0 Å². The van der Waals surface area contributed by atoms with E-state index in [4.69, 9.17) is 4.74 Å². The zero-order valence-corrected chi connectivity index (χ0v) is 15.2. The minimum absolute atomic E-state index is 0.118. The molecule has 136 valence electrons. The zero-order chi connectivity index (χ0) is 18.2. The first kappa shape index (κ1) is 18.2. The number of esters is 1. The van der Waals surface area contributed by atoms with E-state index in [9.17, 15) is 4.79 Å². The summed E-state index contributed by atoms with van der Waals surface area (Å²) < 4.78 is 5.28. The number of para-hydroxylation sites is 1. The number of fused-ring (bicyclic) bond motifs is 1. The van der Waals surface area contributed by atoms with Crippen molar-refractivity contribution >= 4 is 16.9 Å². The highest BCUT2D eigenvalue weighted by Crippen LogP contribution is 2.21. The third kappa shape index (κ3) is 4.73. The van der Waals surface area contributed by atoms with E-state index in [2.05, 4.69) is 34.6 Å². The van der Waals surface area contributed by atoms with Crippen molar-refractivity contribution in [1.82, 2.24) is 10.3 Å². The second-order valence-corrected chi connectivity index (χ2v) is 6.46. The van der Waals surface area contributed by atoms with Gasteiger partial charge in [0.2, 0.25) is 0 Å². The Labute approximate surface area is 154 Å².